The van der Waals surface area contributed by atoms with Crippen molar-refractivity contribution in [3.63, 3.8) is 0 Å². The number of nitrogens with zero attached hydrogens (tertiary/aromatic N) is 3. The zero-order chi connectivity index (χ0) is 15.5. The smallest absolute Gasteiger partial charge is 0.216 e. The van der Waals surface area contributed by atoms with Crippen molar-refractivity contribution in [2.24, 2.45) is 5.10 Å². The van der Waals surface area contributed by atoms with Gasteiger partial charge in [0.2, 0.25) is 4.77 Å². The Morgan fingerprint density at radius 1 is 1.27 bits per heavy atom. The second-order valence-corrected chi connectivity index (χ2v) is 6.29. The van der Waals surface area contributed by atoms with Crippen LogP contribution in [0.1, 0.15) is 9.75 Å². The van der Waals surface area contributed by atoms with Crippen molar-refractivity contribution in [1.82, 2.24) is 14.9 Å². The zero-order valence-electron chi connectivity index (χ0n) is 12.1. The van der Waals surface area contributed by atoms with Crippen molar-refractivity contribution in [1.29, 1.82) is 0 Å². The fraction of sp³-hybridized carbons (Fsp3) is 0.133. The van der Waals surface area contributed by atoms with Gasteiger partial charge in [0.25, 0.3) is 0 Å². The van der Waals surface area contributed by atoms with Crippen molar-refractivity contribution < 1.29 is 4.74 Å². The summed E-state index contributed by atoms with van der Waals surface area (Å²) >= 11 is 6.93. The topological polar surface area (TPSA) is 55.2 Å². The number of nitrogens with one attached hydrogen (secondary N) is 1. The molecule has 0 atom stereocenters. The van der Waals surface area contributed by atoms with Gasteiger partial charge < -0.3 is 4.74 Å². The van der Waals surface area contributed by atoms with E-state index >= 15 is 0 Å². The van der Waals surface area contributed by atoms with Crippen LogP contribution in [0.3, 0.4) is 0 Å². The van der Waals surface area contributed by atoms with Gasteiger partial charge in [-0.05, 0) is 55.5 Å². The lowest BCUT2D eigenvalue weighted by molar-refractivity contribution is 0.415. The molecule has 0 radical (unpaired) electrons. The van der Waals surface area contributed by atoms with Crippen LogP contribution in [0.15, 0.2) is 41.5 Å². The molecule has 0 bridgehead atoms. The van der Waals surface area contributed by atoms with Crippen molar-refractivity contribution in [2.45, 2.75) is 6.92 Å². The molecule has 0 aliphatic heterocycles. The fourth-order valence-electron chi connectivity index (χ4n) is 1.96. The maximum absolute atomic E-state index is 5.25. The molecule has 0 saturated heterocycles. The van der Waals surface area contributed by atoms with Crippen molar-refractivity contribution in [3.05, 3.63) is 50.9 Å². The van der Waals surface area contributed by atoms with Crippen LogP contribution >= 0.6 is 23.6 Å². The first-order valence-corrected chi connectivity index (χ1v) is 7.82. The molecule has 2 heterocycles. The number of aryl methyl sites for hydroxylation is 1. The minimum Gasteiger partial charge on any atom is -0.497 e. The molecule has 0 amide bonds. The molecule has 7 heteroatoms. The average molecular weight is 330 g/mol. The minimum atomic E-state index is 0.454. The van der Waals surface area contributed by atoms with E-state index < -0.39 is 0 Å². The molecule has 0 saturated carbocycles. The molecule has 112 valence electrons. The molecule has 0 unspecified atom stereocenters. The molecule has 0 aliphatic carbocycles. The molecule has 3 aromatic rings. The quantitative estimate of drug-likeness (QED) is 0.583. The van der Waals surface area contributed by atoms with Crippen LogP contribution in [0.4, 0.5) is 0 Å². The zero-order valence-corrected chi connectivity index (χ0v) is 13.7. The lowest BCUT2D eigenvalue weighted by Crippen LogP contribution is -1.94. The molecule has 2 aromatic heterocycles. The Labute approximate surface area is 136 Å². The van der Waals surface area contributed by atoms with Gasteiger partial charge in [0.1, 0.15) is 5.75 Å². The van der Waals surface area contributed by atoms with E-state index in [4.69, 9.17) is 17.0 Å². The van der Waals surface area contributed by atoms with Gasteiger partial charge in [-0.3, -0.25) is 0 Å². The number of hydrogen-bond donors (Lipinski definition) is 1. The molecule has 1 N–H and O–H groups in total. The molecule has 3 rings (SSSR count). The summed E-state index contributed by atoms with van der Waals surface area (Å²) in [6.45, 7) is 2.06. The van der Waals surface area contributed by atoms with Gasteiger partial charge in [0.05, 0.1) is 13.3 Å². The maximum Gasteiger partial charge on any atom is 0.216 e. The number of H-pyrrole nitrogens is 1. The van der Waals surface area contributed by atoms with Gasteiger partial charge >= 0.3 is 0 Å². The number of ether oxygens (including phenoxy) is 1. The SMILES string of the molecule is COc1ccc(-c2n[nH]c(=S)n2/N=C/c2ccc(C)s2)cc1. The maximum atomic E-state index is 5.25. The van der Waals surface area contributed by atoms with Gasteiger partial charge in [-0.2, -0.15) is 14.9 Å². The monoisotopic (exact) mass is 330 g/mol. The predicted octanol–water partition coefficient (Wildman–Crippen LogP) is 3.87. The molecule has 0 aliphatic rings. The number of aromatic amines is 1. The highest BCUT2D eigenvalue weighted by Crippen LogP contribution is 2.21. The van der Waals surface area contributed by atoms with Gasteiger partial charge in [-0.1, -0.05) is 0 Å². The van der Waals surface area contributed by atoms with Gasteiger partial charge in [0.15, 0.2) is 5.82 Å². The van der Waals surface area contributed by atoms with Crippen LogP contribution in [0.25, 0.3) is 11.4 Å². The summed E-state index contributed by atoms with van der Waals surface area (Å²) in [6.07, 6.45) is 1.79. The highest BCUT2D eigenvalue weighted by atomic mass is 32.1. The molecular weight excluding hydrogens is 316 g/mol. The number of methoxy groups -OCH3 is 1. The summed E-state index contributed by atoms with van der Waals surface area (Å²) in [5, 5.41) is 11.5. The number of thiophene rings is 1. The predicted molar refractivity (Wildman–Crippen MR) is 91.4 cm³/mol. The Kier molecular flexibility index (Phi) is 4.17. The van der Waals surface area contributed by atoms with E-state index in [1.807, 2.05) is 30.3 Å². The standard InChI is InChI=1S/C15H14N4OS2/c1-10-3-8-13(22-10)9-16-19-14(17-18-15(19)21)11-4-6-12(20-2)7-5-11/h3-9H,1-2H3,(H,18,21)/b16-9+. The first-order chi connectivity index (χ1) is 10.7. The first kappa shape index (κ1) is 14.7. The molecule has 0 fully saturated rings. The number of aromatic nitrogens is 3. The summed E-state index contributed by atoms with van der Waals surface area (Å²) in [5.74, 6) is 1.46. The second-order valence-electron chi connectivity index (χ2n) is 4.59. The summed E-state index contributed by atoms with van der Waals surface area (Å²) in [5.41, 5.74) is 0.910. The van der Waals surface area contributed by atoms with Crippen molar-refractivity contribution >= 4 is 29.8 Å². The van der Waals surface area contributed by atoms with Crippen LogP contribution in [0.2, 0.25) is 0 Å². The lowest BCUT2D eigenvalue weighted by Gasteiger charge is -2.02. The van der Waals surface area contributed by atoms with Crippen LogP contribution in [0.5, 0.6) is 5.75 Å². The van der Waals surface area contributed by atoms with E-state index in [2.05, 4.69) is 28.3 Å². The summed E-state index contributed by atoms with van der Waals surface area (Å²) < 4.78 is 7.24. The normalized spacial score (nSPS) is 11.2. The van der Waals surface area contributed by atoms with E-state index in [9.17, 15) is 0 Å². The molecule has 0 spiro atoms. The van der Waals surface area contributed by atoms with Crippen LogP contribution in [0, 0.1) is 11.7 Å². The fourth-order valence-corrected chi connectivity index (χ4v) is 2.89. The van der Waals surface area contributed by atoms with E-state index in [-0.39, 0.29) is 0 Å². The van der Waals surface area contributed by atoms with Crippen molar-refractivity contribution in [2.75, 3.05) is 7.11 Å². The van der Waals surface area contributed by atoms with Gasteiger partial charge in [-0.25, -0.2) is 5.10 Å². The summed E-state index contributed by atoms with van der Waals surface area (Å²) in [6, 6.07) is 11.7. The average Bonchev–Trinajstić information content (AvgIpc) is 3.11. The molecule has 1 aromatic carbocycles. The Bertz CT molecular complexity index is 858. The molecule has 22 heavy (non-hydrogen) atoms. The third-order valence-corrected chi connectivity index (χ3v) is 4.26. The van der Waals surface area contributed by atoms with E-state index in [1.54, 1.807) is 29.3 Å². The number of benzene rings is 1. The highest BCUT2D eigenvalue weighted by molar-refractivity contribution is 7.71. The van der Waals surface area contributed by atoms with E-state index in [0.717, 1.165) is 16.2 Å². The number of hydrogen-bond acceptors (Lipinski definition) is 5. The molecular formula is C15H14N4OS2. The van der Waals surface area contributed by atoms with E-state index in [1.165, 1.54) is 4.88 Å². The third-order valence-electron chi connectivity index (χ3n) is 3.06. The third kappa shape index (κ3) is 3.00. The van der Waals surface area contributed by atoms with Crippen molar-refractivity contribution in [3.8, 4) is 17.1 Å². The Balaban J connectivity index is 1.96. The largest absolute Gasteiger partial charge is 0.497 e. The first-order valence-electron chi connectivity index (χ1n) is 6.60. The minimum absolute atomic E-state index is 0.454. The Morgan fingerprint density at radius 3 is 2.68 bits per heavy atom. The molecule has 5 nitrogen and oxygen atoms in total. The Hall–Kier alpha value is -2.25. The lowest BCUT2D eigenvalue weighted by atomic mass is 10.2. The van der Waals surface area contributed by atoms with Gasteiger partial charge in [0, 0.05) is 15.3 Å². The Morgan fingerprint density at radius 2 is 2.05 bits per heavy atom. The van der Waals surface area contributed by atoms with Gasteiger partial charge in [-0.15, -0.1) is 11.3 Å². The van der Waals surface area contributed by atoms with Crippen LogP contribution < -0.4 is 4.74 Å². The summed E-state index contributed by atoms with van der Waals surface area (Å²) in [4.78, 5) is 2.31. The number of rotatable bonds is 4. The second kappa shape index (κ2) is 6.25. The van der Waals surface area contributed by atoms with Crippen LogP contribution in [-0.2, 0) is 0 Å². The van der Waals surface area contributed by atoms with Crippen LogP contribution in [-0.4, -0.2) is 28.2 Å². The van der Waals surface area contributed by atoms with E-state index in [0.29, 0.717) is 10.6 Å². The highest BCUT2D eigenvalue weighted by Gasteiger charge is 2.08. The summed E-state index contributed by atoms with van der Waals surface area (Å²) in [7, 11) is 1.64.